The highest BCUT2D eigenvalue weighted by Gasteiger charge is 2.04. The Bertz CT molecular complexity index is 641. The zero-order valence-electron chi connectivity index (χ0n) is 9.24. The van der Waals surface area contributed by atoms with Crippen molar-refractivity contribution in [3.63, 3.8) is 0 Å². The molecule has 0 aliphatic carbocycles. The molecule has 0 amide bonds. The van der Waals surface area contributed by atoms with Gasteiger partial charge >= 0.3 is 0 Å². The third-order valence-corrected chi connectivity index (χ3v) is 2.85. The predicted molar refractivity (Wildman–Crippen MR) is 66.6 cm³/mol. The monoisotopic (exact) mass is 224 g/mol. The Kier molecular flexibility index (Phi) is 2.38. The fourth-order valence-electron chi connectivity index (χ4n) is 1.93. The minimum Gasteiger partial charge on any atom is -0.392 e. The number of nitrogens with zero attached hydrogens (tertiary/aromatic N) is 2. The molecular weight excluding hydrogens is 212 g/mol. The Morgan fingerprint density at radius 1 is 1.06 bits per heavy atom. The molecule has 1 N–H and O–H groups in total. The molecule has 84 valence electrons. The molecule has 3 aromatic rings. The van der Waals surface area contributed by atoms with Crippen molar-refractivity contribution in [2.75, 3.05) is 0 Å². The second-order valence-electron chi connectivity index (χ2n) is 3.93. The molecule has 3 rings (SSSR count). The highest BCUT2D eigenvalue weighted by molar-refractivity contribution is 5.63. The van der Waals surface area contributed by atoms with E-state index in [1.807, 2.05) is 59.3 Å². The number of benzene rings is 1. The van der Waals surface area contributed by atoms with Crippen LogP contribution in [0.4, 0.5) is 0 Å². The number of aromatic nitrogens is 2. The van der Waals surface area contributed by atoms with Crippen LogP contribution in [-0.2, 0) is 6.61 Å². The molecule has 0 unspecified atom stereocenters. The minimum absolute atomic E-state index is 0.0768. The van der Waals surface area contributed by atoms with E-state index in [1.165, 1.54) is 0 Å². The van der Waals surface area contributed by atoms with Crippen LogP contribution in [0.2, 0.25) is 0 Å². The van der Waals surface area contributed by atoms with Gasteiger partial charge in [0.15, 0.2) is 0 Å². The zero-order valence-corrected chi connectivity index (χ0v) is 9.24. The summed E-state index contributed by atoms with van der Waals surface area (Å²) in [6.45, 7) is 0.0768. The molecule has 3 heteroatoms. The van der Waals surface area contributed by atoms with Crippen molar-refractivity contribution in [3.8, 4) is 11.3 Å². The number of fused-ring (bicyclic) bond motifs is 1. The molecule has 2 heterocycles. The zero-order chi connectivity index (χ0) is 11.7. The highest BCUT2D eigenvalue weighted by atomic mass is 16.3. The van der Waals surface area contributed by atoms with Gasteiger partial charge in [0.05, 0.1) is 18.5 Å². The quantitative estimate of drug-likeness (QED) is 0.726. The van der Waals surface area contributed by atoms with Gasteiger partial charge in [0, 0.05) is 11.8 Å². The summed E-state index contributed by atoms with van der Waals surface area (Å²) in [6.07, 6.45) is 3.86. The molecule has 17 heavy (non-hydrogen) atoms. The number of aliphatic hydroxyl groups is 1. The molecule has 1 aromatic carbocycles. The Morgan fingerprint density at radius 2 is 1.88 bits per heavy atom. The first-order valence-electron chi connectivity index (χ1n) is 5.51. The van der Waals surface area contributed by atoms with Crippen molar-refractivity contribution in [2.24, 2.45) is 0 Å². The Balaban J connectivity index is 2.13. The summed E-state index contributed by atoms with van der Waals surface area (Å²) >= 11 is 0. The lowest BCUT2D eigenvalue weighted by Crippen LogP contribution is -1.88. The average molecular weight is 224 g/mol. The van der Waals surface area contributed by atoms with E-state index in [4.69, 9.17) is 5.11 Å². The van der Waals surface area contributed by atoms with E-state index < -0.39 is 0 Å². The van der Waals surface area contributed by atoms with Gasteiger partial charge < -0.3 is 5.11 Å². The van der Waals surface area contributed by atoms with E-state index in [2.05, 4.69) is 4.98 Å². The standard InChI is InChI=1S/C14H12N2O/c17-10-11-4-6-12(7-5-11)13-9-15-14-3-1-2-8-16(13)14/h1-9,17H,10H2. The summed E-state index contributed by atoms with van der Waals surface area (Å²) in [6, 6.07) is 13.8. The Labute approximate surface area is 99.0 Å². The molecule has 0 saturated carbocycles. The molecule has 0 aliphatic rings. The van der Waals surface area contributed by atoms with E-state index >= 15 is 0 Å². The second-order valence-corrected chi connectivity index (χ2v) is 3.93. The van der Waals surface area contributed by atoms with E-state index in [0.717, 1.165) is 22.5 Å². The van der Waals surface area contributed by atoms with Crippen molar-refractivity contribution < 1.29 is 5.11 Å². The van der Waals surface area contributed by atoms with Crippen LogP contribution >= 0.6 is 0 Å². The summed E-state index contributed by atoms with van der Waals surface area (Å²) in [5.41, 5.74) is 4.02. The molecule has 0 radical (unpaired) electrons. The van der Waals surface area contributed by atoms with Crippen LogP contribution in [0, 0.1) is 0 Å². The van der Waals surface area contributed by atoms with Crippen LogP contribution in [0.1, 0.15) is 5.56 Å². The third kappa shape index (κ3) is 1.70. The van der Waals surface area contributed by atoms with Gasteiger partial charge in [-0.15, -0.1) is 0 Å². The van der Waals surface area contributed by atoms with Crippen LogP contribution in [0.15, 0.2) is 54.9 Å². The minimum atomic E-state index is 0.0768. The predicted octanol–water partition coefficient (Wildman–Crippen LogP) is 2.49. The van der Waals surface area contributed by atoms with Gasteiger partial charge in [0.1, 0.15) is 5.65 Å². The van der Waals surface area contributed by atoms with E-state index in [-0.39, 0.29) is 6.61 Å². The van der Waals surface area contributed by atoms with Crippen molar-refractivity contribution >= 4 is 5.65 Å². The van der Waals surface area contributed by atoms with Gasteiger partial charge in [0.2, 0.25) is 0 Å². The van der Waals surface area contributed by atoms with E-state index in [1.54, 1.807) is 0 Å². The molecule has 0 saturated heterocycles. The molecule has 0 atom stereocenters. The molecule has 0 bridgehead atoms. The van der Waals surface area contributed by atoms with Gasteiger partial charge in [-0.25, -0.2) is 4.98 Å². The molecular formula is C14H12N2O. The molecule has 0 spiro atoms. The summed E-state index contributed by atoms with van der Waals surface area (Å²) in [5.74, 6) is 0. The molecule has 0 aliphatic heterocycles. The normalized spacial score (nSPS) is 10.9. The summed E-state index contributed by atoms with van der Waals surface area (Å²) in [4.78, 5) is 4.35. The topological polar surface area (TPSA) is 37.5 Å². The fourth-order valence-corrected chi connectivity index (χ4v) is 1.93. The first kappa shape index (κ1) is 10.1. The third-order valence-electron chi connectivity index (χ3n) is 2.85. The summed E-state index contributed by atoms with van der Waals surface area (Å²) < 4.78 is 2.05. The second kappa shape index (κ2) is 4.03. The highest BCUT2D eigenvalue weighted by Crippen LogP contribution is 2.21. The summed E-state index contributed by atoms with van der Waals surface area (Å²) in [5, 5.41) is 9.01. The first-order chi connectivity index (χ1) is 8.38. The lowest BCUT2D eigenvalue weighted by Gasteiger charge is -2.02. The summed E-state index contributed by atoms with van der Waals surface area (Å²) in [7, 11) is 0. The number of pyridine rings is 1. The smallest absolute Gasteiger partial charge is 0.137 e. The van der Waals surface area contributed by atoms with Crippen LogP contribution in [0.3, 0.4) is 0 Å². The lowest BCUT2D eigenvalue weighted by atomic mass is 10.1. The number of aliphatic hydroxyl groups excluding tert-OH is 1. The Hall–Kier alpha value is -2.13. The average Bonchev–Trinajstić information content (AvgIpc) is 2.83. The molecule has 3 nitrogen and oxygen atoms in total. The van der Waals surface area contributed by atoms with Gasteiger partial charge in [0.25, 0.3) is 0 Å². The van der Waals surface area contributed by atoms with Crippen molar-refractivity contribution in [1.29, 1.82) is 0 Å². The number of hydrogen-bond acceptors (Lipinski definition) is 2. The first-order valence-corrected chi connectivity index (χ1v) is 5.51. The van der Waals surface area contributed by atoms with Crippen LogP contribution in [0.25, 0.3) is 16.9 Å². The lowest BCUT2D eigenvalue weighted by molar-refractivity contribution is 0.282. The SMILES string of the molecule is OCc1ccc(-c2cnc3ccccn23)cc1. The number of hydrogen-bond donors (Lipinski definition) is 1. The number of imidazole rings is 1. The van der Waals surface area contributed by atoms with Crippen LogP contribution < -0.4 is 0 Å². The van der Waals surface area contributed by atoms with Gasteiger partial charge in [-0.05, 0) is 17.7 Å². The van der Waals surface area contributed by atoms with Crippen molar-refractivity contribution in [1.82, 2.24) is 9.38 Å². The van der Waals surface area contributed by atoms with Crippen LogP contribution in [0.5, 0.6) is 0 Å². The van der Waals surface area contributed by atoms with Gasteiger partial charge in [-0.1, -0.05) is 30.3 Å². The maximum atomic E-state index is 9.01. The molecule has 0 fully saturated rings. The number of rotatable bonds is 2. The maximum Gasteiger partial charge on any atom is 0.137 e. The van der Waals surface area contributed by atoms with E-state index in [9.17, 15) is 0 Å². The maximum absolute atomic E-state index is 9.01. The van der Waals surface area contributed by atoms with E-state index in [0.29, 0.717) is 0 Å². The Morgan fingerprint density at radius 3 is 2.65 bits per heavy atom. The fraction of sp³-hybridized carbons (Fsp3) is 0.0714. The largest absolute Gasteiger partial charge is 0.392 e. The van der Waals surface area contributed by atoms with Gasteiger partial charge in [-0.3, -0.25) is 4.40 Å². The van der Waals surface area contributed by atoms with Gasteiger partial charge in [-0.2, -0.15) is 0 Å². The molecule has 2 aromatic heterocycles. The van der Waals surface area contributed by atoms with Crippen LogP contribution in [-0.4, -0.2) is 14.5 Å². The van der Waals surface area contributed by atoms with Crippen molar-refractivity contribution in [2.45, 2.75) is 6.61 Å². The van der Waals surface area contributed by atoms with Crippen molar-refractivity contribution in [3.05, 3.63) is 60.4 Å².